The minimum absolute atomic E-state index is 0.0308. The Morgan fingerprint density at radius 3 is 2.84 bits per heavy atom. The summed E-state index contributed by atoms with van der Waals surface area (Å²) in [7, 11) is 1.57. The highest BCUT2D eigenvalue weighted by Gasteiger charge is 2.28. The first-order valence-corrected chi connectivity index (χ1v) is 10.4. The Balaban J connectivity index is 1.33. The number of hydrogen-bond donors (Lipinski definition) is 1. The second-order valence-corrected chi connectivity index (χ2v) is 7.69. The number of aromatic nitrogens is 2. The molecule has 4 rings (SSSR count). The summed E-state index contributed by atoms with van der Waals surface area (Å²) in [6.07, 6.45) is 2.12. The molecule has 2 aromatic rings. The van der Waals surface area contributed by atoms with Crippen molar-refractivity contribution in [2.24, 2.45) is 5.92 Å². The van der Waals surface area contributed by atoms with E-state index in [0.717, 1.165) is 36.2 Å². The van der Waals surface area contributed by atoms with Gasteiger partial charge in [0.15, 0.2) is 0 Å². The number of ether oxygens (including phenoxy) is 2. The topological polar surface area (TPSA) is 96.9 Å². The Morgan fingerprint density at radius 2 is 2.13 bits per heavy atom. The normalized spacial score (nSPS) is 17.2. The summed E-state index contributed by atoms with van der Waals surface area (Å²) >= 11 is 0. The first-order chi connectivity index (χ1) is 15.1. The molecule has 1 radical (unpaired) electrons. The largest absolute Gasteiger partial charge is 0.493 e. The molecule has 0 bridgehead atoms. The Bertz CT molecular complexity index is 936. The van der Waals surface area contributed by atoms with E-state index in [1.165, 1.54) is 4.90 Å². The van der Waals surface area contributed by atoms with Crippen LogP contribution >= 0.6 is 0 Å². The minimum Gasteiger partial charge on any atom is -0.493 e. The highest BCUT2D eigenvalue weighted by atomic mass is 16.6. The van der Waals surface area contributed by atoms with Crippen molar-refractivity contribution in [1.29, 1.82) is 0 Å². The summed E-state index contributed by atoms with van der Waals surface area (Å²) in [5, 5.41) is 3.29. The number of cyclic esters (lactones) is 1. The van der Waals surface area contributed by atoms with Gasteiger partial charge < -0.3 is 24.4 Å². The second-order valence-electron chi connectivity index (χ2n) is 7.69. The molecular formula is C21H25BN5O4. The van der Waals surface area contributed by atoms with E-state index in [-0.39, 0.29) is 18.7 Å². The van der Waals surface area contributed by atoms with E-state index in [1.807, 2.05) is 42.9 Å². The van der Waals surface area contributed by atoms with Crippen LogP contribution in [0.2, 0.25) is 0 Å². The standard InChI is InChI=1S/C21H25BN5O4/c1-3-27-19-17(12-31-21(27)29)8-23-20(25-19)24-14(2)16-4-6-18(7-5-16)30-11-15-9-26(10-15)22-13-28/h4-8,13-15H,3,9-12H2,1-2H3,(H,23,24,25)/t14-/m0/s1. The maximum atomic E-state index is 11.9. The summed E-state index contributed by atoms with van der Waals surface area (Å²) < 4.78 is 11.0. The number of carbonyl (C=O) groups is 2. The van der Waals surface area contributed by atoms with Crippen molar-refractivity contribution >= 4 is 31.5 Å². The van der Waals surface area contributed by atoms with Crippen molar-refractivity contribution in [3.05, 3.63) is 41.6 Å². The zero-order valence-electron chi connectivity index (χ0n) is 17.7. The van der Waals surface area contributed by atoms with Crippen LogP contribution in [-0.2, 0) is 16.1 Å². The smallest absolute Gasteiger partial charge is 0.415 e. The SMILES string of the molecule is CCN1C(=O)OCc2cnc(N[C@@H](C)c3ccc(OCC4CN([B]C=O)C4)cc3)nc21. The monoisotopic (exact) mass is 422 g/mol. The molecule has 0 spiro atoms. The third-order valence-electron chi connectivity index (χ3n) is 5.45. The molecule has 1 aromatic heterocycles. The number of hydrogen-bond acceptors (Lipinski definition) is 8. The van der Waals surface area contributed by atoms with Gasteiger partial charge in [0.25, 0.3) is 7.41 Å². The molecule has 1 atom stereocenters. The van der Waals surface area contributed by atoms with Crippen molar-refractivity contribution in [3.8, 4) is 5.75 Å². The number of anilines is 2. The Hall–Kier alpha value is -3.14. The van der Waals surface area contributed by atoms with Crippen LogP contribution in [0.1, 0.15) is 31.0 Å². The second kappa shape index (κ2) is 9.34. The molecular weight excluding hydrogens is 397 g/mol. The van der Waals surface area contributed by atoms with E-state index in [4.69, 9.17) is 9.47 Å². The number of fused-ring (bicyclic) bond motifs is 1. The Labute approximate surface area is 182 Å². The lowest BCUT2D eigenvalue weighted by Gasteiger charge is -2.37. The van der Waals surface area contributed by atoms with Crippen molar-refractivity contribution in [3.63, 3.8) is 0 Å². The average molecular weight is 422 g/mol. The van der Waals surface area contributed by atoms with E-state index in [9.17, 15) is 9.59 Å². The van der Waals surface area contributed by atoms with E-state index in [1.54, 1.807) is 13.6 Å². The van der Waals surface area contributed by atoms with E-state index in [0.29, 0.717) is 30.8 Å². The molecule has 1 aromatic carbocycles. The molecule has 0 aliphatic carbocycles. The zero-order chi connectivity index (χ0) is 21.8. The summed E-state index contributed by atoms with van der Waals surface area (Å²) in [6.45, 7) is 6.91. The lowest BCUT2D eigenvalue weighted by molar-refractivity contribution is 0.130. The first kappa shape index (κ1) is 21.1. The van der Waals surface area contributed by atoms with Crippen LogP contribution < -0.4 is 15.0 Å². The average Bonchev–Trinajstić information content (AvgIpc) is 2.75. The molecule has 0 saturated carbocycles. The van der Waals surface area contributed by atoms with Crippen LogP contribution in [0.5, 0.6) is 5.75 Å². The van der Waals surface area contributed by atoms with Crippen molar-refractivity contribution in [2.75, 3.05) is 36.5 Å². The fourth-order valence-corrected chi connectivity index (χ4v) is 3.65. The van der Waals surface area contributed by atoms with Gasteiger partial charge in [-0.05, 0) is 44.6 Å². The zero-order valence-corrected chi connectivity index (χ0v) is 17.7. The summed E-state index contributed by atoms with van der Waals surface area (Å²) in [4.78, 5) is 34.7. The highest BCUT2D eigenvalue weighted by molar-refractivity contribution is 6.64. The van der Waals surface area contributed by atoms with Gasteiger partial charge in [0.1, 0.15) is 18.2 Å². The van der Waals surface area contributed by atoms with Gasteiger partial charge in [0.2, 0.25) is 5.95 Å². The van der Waals surface area contributed by atoms with E-state index < -0.39 is 0 Å². The maximum Gasteiger partial charge on any atom is 0.415 e. The molecule has 10 heteroatoms. The summed E-state index contributed by atoms with van der Waals surface area (Å²) in [5.41, 5.74) is 1.86. The van der Waals surface area contributed by atoms with Gasteiger partial charge in [-0.1, -0.05) is 12.1 Å². The van der Waals surface area contributed by atoms with Gasteiger partial charge in [0.05, 0.1) is 24.4 Å². The molecule has 1 N–H and O–H groups in total. The number of nitrogens with one attached hydrogen (secondary N) is 1. The van der Waals surface area contributed by atoms with Gasteiger partial charge in [-0.15, -0.1) is 0 Å². The van der Waals surface area contributed by atoms with Gasteiger partial charge in [-0.25, -0.2) is 9.78 Å². The van der Waals surface area contributed by atoms with Gasteiger partial charge in [-0.2, -0.15) is 4.98 Å². The quantitative estimate of drug-likeness (QED) is 0.486. The van der Waals surface area contributed by atoms with Gasteiger partial charge in [-0.3, -0.25) is 4.90 Å². The third kappa shape index (κ3) is 4.79. The predicted molar refractivity (Wildman–Crippen MR) is 117 cm³/mol. The van der Waals surface area contributed by atoms with Crippen LogP contribution in [-0.4, -0.2) is 60.7 Å². The van der Waals surface area contributed by atoms with Crippen LogP contribution in [0.4, 0.5) is 16.6 Å². The molecule has 3 heterocycles. The predicted octanol–water partition coefficient (Wildman–Crippen LogP) is 2.25. The molecule has 1 fully saturated rings. The molecule has 0 unspecified atom stereocenters. The maximum absolute atomic E-state index is 11.9. The molecule has 31 heavy (non-hydrogen) atoms. The van der Waals surface area contributed by atoms with Crippen LogP contribution in [0.3, 0.4) is 0 Å². The number of benzene rings is 1. The van der Waals surface area contributed by atoms with Crippen LogP contribution in [0, 0.1) is 5.92 Å². The molecule has 2 aliphatic heterocycles. The fraction of sp³-hybridized carbons (Fsp3) is 0.429. The van der Waals surface area contributed by atoms with Gasteiger partial charge in [0, 0.05) is 18.7 Å². The lowest BCUT2D eigenvalue weighted by atomic mass is 9.85. The first-order valence-electron chi connectivity index (χ1n) is 10.4. The lowest BCUT2D eigenvalue weighted by Crippen LogP contribution is -2.51. The Morgan fingerprint density at radius 1 is 1.35 bits per heavy atom. The highest BCUT2D eigenvalue weighted by Crippen LogP contribution is 2.27. The molecule has 1 amide bonds. The van der Waals surface area contributed by atoms with E-state index >= 15 is 0 Å². The third-order valence-corrected chi connectivity index (χ3v) is 5.45. The van der Waals surface area contributed by atoms with Crippen molar-refractivity contribution in [2.45, 2.75) is 26.5 Å². The molecule has 9 nitrogen and oxygen atoms in total. The summed E-state index contributed by atoms with van der Waals surface area (Å²) in [5.74, 6) is 2.31. The minimum atomic E-state index is -0.389. The van der Waals surface area contributed by atoms with Gasteiger partial charge >= 0.3 is 6.09 Å². The van der Waals surface area contributed by atoms with Crippen LogP contribution in [0.25, 0.3) is 0 Å². The van der Waals surface area contributed by atoms with E-state index in [2.05, 4.69) is 15.3 Å². The Kier molecular flexibility index (Phi) is 6.36. The molecule has 2 aliphatic rings. The molecule has 1 saturated heterocycles. The number of carbonyl (C=O) groups excluding carboxylic acids is 2. The fourth-order valence-electron chi connectivity index (χ4n) is 3.65. The number of amides is 1. The molecule has 161 valence electrons. The van der Waals surface area contributed by atoms with Crippen molar-refractivity contribution in [1.82, 2.24) is 14.8 Å². The number of nitrogens with zero attached hydrogens (tertiary/aromatic N) is 4. The summed E-state index contributed by atoms with van der Waals surface area (Å²) in [6, 6.07) is 7.88. The van der Waals surface area contributed by atoms with Crippen LogP contribution in [0.15, 0.2) is 30.5 Å². The number of rotatable bonds is 9. The van der Waals surface area contributed by atoms with Crippen molar-refractivity contribution < 1.29 is 19.1 Å².